The Morgan fingerprint density at radius 2 is 1.93 bits per heavy atom. The summed E-state index contributed by atoms with van der Waals surface area (Å²) in [7, 11) is 0. The van der Waals surface area contributed by atoms with Crippen molar-refractivity contribution < 1.29 is 9.21 Å². The zero-order valence-corrected chi connectivity index (χ0v) is 16.5. The molecule has 148 valence electrons. The van der Waals surface area contributed by atoms with Crippen LogP contribution >= 0.6 is 11.6 Å². The first-order valence-electron chi connectivity index (χ1n) is 9.11. The van der Waals surface area contributed by atoms with Crippen LogP contribution in [0.3, 0.4) is 0 Å². The maximum absolute atomic E-state index is 12.9. The highest BCUT2D eigenvalue weighted by atomic mass is 35.5. The molecule has 0 aliphatic heterocycles. The molecule has 4 heterocycles. The summed E-state index contributed by atoms with van der Waals surface area (Å²) in [6.07, 6.45) is 3.28. The van der Waals surface area contributed by atoms with Crippen molar-refractivity contribution >= 4 is 28.8 Å². The van der Waals surface area contributed by atoms with Gasteiger partial charge in [-0.15, -0.1) is 0 Å². The summed E-state index contributed by atoms with van der Waals surface area (Å²) in [5.41, 5.74) is 2.93. The summed E-state index contributed by atoms with van der Waals surface area (Å²) in [5, 5.41) is 12.2. The van der Waals surface area contributed by atoms with Crippen LogP contribution in [0, 0.1) is 6.92 Å². The first kappa shape index (κ1) is 18.1. The van der Waals surface area contributed by atoms with E-state index in [-0.39, 0.29) is 11.6 Å². The monoisotopic (exact) mass is 418 g/mol. The summed E-state index contributed by atoms with van der Waals surface area (Å²) < 4.78 is 8.79. The van der Waals surface area contributed by atoms with Crippen molar-refractivity contribution in [1.29, 1.82) is 0 Å². The van der Waals surface area contributed by atoms with E-state index in [1.165, 1.54) is 0 Å². The van der Waals surface area contributed by atoms with Crippen LogP contribution in [0.5, 0.6) is 0 Å². The molecule has 0 bridgehead atoms. The Bertz CT molecular complexity index is 1350. The van der Waals surface area contributed by atoms with Gasteiger partial charge in [-0.1, -0.05) is 11.6 Å². The lowest BCUT2D eigenvalue weighted by Crippen LogP contribution is -2.13. The fourth-order valence-electron chi connectivity index (χ4n) is 3.13. The summed E-state index contributed by atoms with van der Waals surface area (Å²) in [6.45, 7) is 1.81. The third kappa shape index (κ3) is 3.33. The fraction of sp³-hybridized carbons (Fsp3) is 0.0476. The number of fused-ring (bicyclic) bond motifs is 1. The number of furan rings is 1. The van der Waals surface area contributed by atoms with Gasteiger partial charge >= 0.3 is 0 Å². The van der Waals surface area contributed by atoms with E-state index in [9.17, 15) is 4.79 Å². The Labute approximate surface area is 175 Å². The van der Waals surface area contributed by atoms with Crippen LogP contribution in [-0.2, 0) is 0 Å². The van der Waals surface area contributed by atoms with E-state index < -0.39 is 0 Å². The summed E-state index contributed by atoms with van der Waals surface area (Å²) in [5.74, 6) is 0.894. The minimum atomic E-state index is -0.355. The van der Waals surface area contributed by atoms with Crippen molar-refractivity contribution in [3.8, 4) is 17.1 Å². The topological polar surface area (TPSA) is 90.2 Å². The van der Waals surface area contributed by atoms with Crippen LogP contribution < -0.4 is 5.32 Å². The number of amides is 1. The predicted molar refractivity (Wildman–Crippen MR) is 112 cm³/mol. The van der Waals surface area contributed by atoms with Crippen molar-refractivity contribution in [2.75, 3.05) is 5.32 Å². The summed E-state index contributed by atoms with van der Waals surface area (Å²) in [4.78, 5) is 17.2. The highest BCUT2D eigenvalue weighted by Crippen LogP contribution is 2.26. The number of pyridine rings is 1. The van der Waals surface area contributed by atoms with Crippen molar-refractivity contribution in [2.24, 2.45) is 0 Å². The van der Waals surface area contributed by atoms with Gasteiger partial charge < -0.3 is 9.73 Å². The van der Waals surface area contributed by atoms with Gasteiger partial charge in [-0.05, 0) is 55.5 Å². The molecule has 1 N–H and O–H groups in total. The molecule has 4 aromatic heterocycles. The van der Waals surface area contributed by atoms with E-state index in [1.807, 2.05) is 25.1 Å². The van der Waals surface area contributed by atoms with Gasteiger partial charge in [0.2, 0.25) is 0 Å². The highest BCUT2D eigenvalue weighted by molar-refractivity contribution is 6.30. The van der Waals surface area contributed by atoms with Crippen LogP contribution in [0.15, 0.2) is 71.5 Å². The van der Waals surface area contributed by atoms with Gasteiger partial charge in [-0.3, -0.25) is 4.79 Å². The van der Waals surface area contributed by atoms with Gasteiger partial charge in [0.05, 0.1) is 23.8 Å². The lowest BCUT2D eigenvalue weighted by molar-refractivity contribution is 0.102. The van der Waals surface area contributed by atoms with E-state index in [0.29, 0.717) is 33.6 Å². The third-order valence-electron chi connectivity index (χ3n) is 4.48. The average Bonchev–Trinajstić information content (AvgIpc) is 3.46. The molecule has 0 aliphatic rings. The molecule has 0 aliphatic carbocycles. The van der Waals surface area contributed by atoms with Crippen molar-refractivity contribution in [3.05, 3.63) is 83.6 Å². The molecular weight excluding hydrogens is 404 g/mol. The molecule has 8 nitrogen and oxygen atoms in total. The summed E-state index contributed by atoms with van der Waals surface area (Å²) in [6, 6.07) is 16.0. The third-order valence-corrected chi connectivity index (χ3v) is 4.73. The van der Waals surface area contributed by atoms with Crippen LogP contribution in [-0.4, -0.2) is 30.3 Å². The molecule has 0 radical (unpaired) electrons. The number of aromatic nitrogens is 5. The minimum absolute atomic E-state index is 0.242. The lowest BCUT2D eigenvalue weighted by atomic mass is 10.2. The van der Waals surface area contributed by atoms with Gasteiger partial charge in [-0.2, -0.15) is 10.2 Å². The second-order valence-corrected chi connectivity index (χ2v) is 7.05. The molecule has 0 saturated carbocycles. The number of carbonyl (C=O) groups excluding carboxylic acids is 1. The standard InChI is InChI=1S/C21H15ClN6O2/c1-13-23-20-9-6-15(12-27(20)25-13)24-21(29)17-11-18(19-3-2-10-30-19)28(26-17)16-7-4-14(22)5-8-16/h2-12H,1H3,(H,24,29). The van der Waals surface area contributed by atoms with Crippen molar-refractivity contribution in [3.63, 3.8) is 0 Å². The number of nitrogens with zero attached hydrogens (tertiary/aromatic N) is 5. The summed E-state index contributed by atoms with van der Waals surface area (Å²) >= 11 is 6.00. The molecule has 5 aromatic rings. The lowest BCUT2D eigenvalue weighted by Gasteiger charge is -2.05. The Morgan fingerprint density at radius 1 is 1.10 bits per heavy atom. The van der Waals surface area contributed by atoms with Gasteiger partial charge in [-0.25, -0.2) is 14.2 Å². The van der Waals surface area contributed by atoms with Gasteiger partial charge in [0.1, 0.15) is 11.5 Å². The number of hydrogen-bond acceptors (Lipinski definition) is 5. The Balaban J connectivity index is 1.50. The molecule has 0 saturated heterocycles. The van der Waals surface area contributed by atoms with Crippen LogP contribution in [0.2, 0.25) is 5.02 Å². The molecule has 0 unspecified atom stereocenters. The predicted octanol–water partition coefficient (Wildman–Crippen LogP) is 4.39. The SMILES string of the molecule is Cc1nc2ccc(NC(=O)c3cc(-c4ccco4)n(-c4ccc(Cl)cc4)n3)cn2n1. The number of benzene rings is 1. The normalized spacial score (nSPS) is 11.1. The first-order valence-corrected chi connectivity index (χ1v) is 9.49. The van der Waals surface area contributed by atoms with E-state index in [4.69, 9.17) is 16.0 Å². The maximum atomic E-state index is 12.9. The van der Waals surface area contributed by atoms with E-state index in [0.717, 1.165) is 5.69 Å². The van der Waals surface area contributed by atoms with Crippen molar-refractivity contribution in [1.82, 2.24) is 24.4 Å². The number of anilines is 1. The van der Waals surface area contributed by atoms with Crippen molar-refractivity contribution in [2.45, 2.75) is 6.92 Å². The zero-order chi connectivity index (χ0) is 20.7. The Morgan fingerprint density at radius 3 is 2.70 bits per heavy atom. The Hall–Kier alpha value is -3.91. The number of halogens is 1. The molecule has 0 fully saturated rings. The molecule has 5 rings (SSSR count). The van der Waals surface area contributed by atoms with Crippen LogP contribution in [0.1, 0.15) is 16.3 Å². The van der Waals surface area contributed by atoms with Gasteiger partial charge in [0, 0.05) is 11.1 Å². The highest BCUT2D eigenvalue weighted by Gasteiger charge is 2.19. The average molecular weight is 419 g/mol. The number of rotatable bonds is 4. The smallest absolute Gasteiger partial charge is 0.276 e. The first-order chi connectivity index (χ1) is 14.6. The Kier molecular flexibility index (Phi) is 4.33. The molecule has 1 amide bonds. The van der Waals surface area contributed by atoms with E-state index in [1.54, 1.807) is 58.1 Å². The second kappa shape index (κ2) is 7.16. The second-order valence-electron chi connectivity index (χ2n) is 6.61. The largest absolute Gasteiger partial charge is 0.463 e. The maximum Gasteiger partial charge on any atom is 0.276 e. The van der Waals surface area contributed by atoms with E-state index in [2.05, 4.69) is 20.5 Å². The van der Waals surface area contributed by atoms with E-state index >= 15 is 0 Å². The van der Waals surface area contributed by atoms with Crippen LogP contribution in [0.4, 0.5) is 5.69 Å². The van der Waals surface area contributed by atoms with Gasteiger partial charge in [0.15, 0.2) is 17.1 Å². The minimum Gasteiger partial charge on any atom is -0.463 e. The number of carbonyl (C=O) groups is 1. The molecule has 0 spiro atoms. The molecule has 9 heteroatoms. The zero-order valence-electron chi connectivity index (χ0n) is 15.8. The quantitative estimate of drug-likeness (QED) is 0.467. The molecule has 30 heavy (non-hydrogen) atoms. The van der Waals surface area contributed by atoms with Gasteiger partial charge in [0.25, 0.3) is 5.91 Å². The number of nitrogens with one attached hydrogen (secondary N) is 1. The fourth-order valence-corrected chi connectivity index (χ4v) is 3.26. The molecule has 1 aromatic carbocycles. The molecular formula is C21H15ClN6O2. The van der Waals surface area contributed by atoms with Crippen LogP contribution in [0.25, 0.3) is 22.8 Å². The number of aryl methyl sites for hydroxylation is 1. The molecule has 0 atom stereocenters. The number of hydrogen-bond donors (Lipinski definition) is 1.